The molecule has 0 spiro atoms. The Morgan fingerprint density at radius 2 is 1.42 bits per heavy atom. The predicted molar refractivity (Wildman–Crippen MR) is 116 cm³/mol. The van der Waals surface area contributed by atoms with Gasteiger partial charge in [0.15, 0.2) is 0 Å². The minimum absolute atomic E-state index is 0.0231. The third kappa shape index (κ3) is 11.0. The van der Waals surface area contributed by atoms with E-state index in [1.54, 1.807) is 27.7 Å². The first-order chi connectivity index (χ1) is 14.3. The summed E-state index contributed by atoms with van der Waals surface area (Å²) in [6.07, 6.45) is -0.522. The molecule has 0 heterocycles. The van der Waals surface area contributed by atoms with Crippen molar-refractivity contribution in [3.8, 4) is 0 Å². The highest BCUT2D eigenvalue weighted by Crippen LogP contribution is 2.08. The van der Waals surface area contributed by atoms with Gasteiger partial charge in [0.25, 0.3) is 0 Å². The van der Waals surface area contributed by atoms with Crippen LogP contribution < -0.4 is 21.7 Å². The van der Waals surface area contributed by atoms with Gasteiger partial charge in [-0.2, -0.15) is 12.6 Å². The van der Waals surface area contributed by atoms with E-state index in [1.807, 2.05) is 0 Å². The van der Waals surface area contributed by atoms with Crippen LogP contribution in [-0.4, -0.2) is 69.8 Å². The fourth-order valence-electron chi connectivity index (χ4n) is 2.64. The van der Waals surface area contributed by atoms with Crippen molar-refractivity contribution in [2.75, 3.05) is 5.75 Å². The normalized spacial score (nSPS) is 15.0. The summed E-state index contributed by atoms with van der Waals surface area (Å²) in [4.78, 5) is 59.9. The number of hydrogen-bond acceptors (Lipinski definition) is 7. The lowest BCUT2D eigenvalue weighted by Gasteiger charge is -2.27. The molecule has 11 nitrogen and oxygen atoms in total. The quantitative estimate of drug-likeness (QED) is 0.166. The second kappa shape index (κ2) is 13.9. The van der Waals surface area contributed by atoms with Gasteiger partial charge in [-0.25, -0.2) is 4.79 Å². The van der Waals surface area contributed by atoms with E-state index < -0.39 is 60.2 Å². The van der Waals surface area contributed by atoms with Gasteiger partial charge < -0.3 is 31.9 Å². The first kappa shape index (κ1) is 28.7. The van der Waals surface area contributed by atoms with Crippen LogP contribution in [0.1, 0.15) is 47.0 Å². The third-order valence-corrected chi connectivity index (χ3v) is 4.78. The molecule has 0 aliphatic heterocycles. The standard InChI is InChI=1S/C19H34N4O7S/c1-9(2)7-13(19(29)30)22-17(27)12(5-6-14(24)25)21-18(28)15(10(3)4)23-16(26)11(20)8-31/h9-13,15,31H,5-8,20H2,1-4H3,(H,21,28)(H,22,27)(H,23,26)(H,24,25)(H,29,30). The largest absolute Gasteiger partial charge is 0.481 e. The Kier molecular flexibility index (Phi) is 12.8. The van der Waals surface area contributed by atoms with Gasteiger partial charge in [0, 0.05) is 12.2 Å². The molecule has 0 aromatic carbocycles. The van der Waals surface area contributed by atoms with Crippen molar-refractivity contribution in [3.63, 3.8) is 0 Å². The van der Waals surface area contributed by atoms with Gasteiger partial charge in [-0.3, -0.25) is 19.2 Å². The first-order valence-electron chi connectivity index (χ1n) is 10.0. The van der Waals surface area contributed by atoms with Crippen LogP contribution in [0.3, 0.4) is 0 Å². The van der Waals surface area contributed by atoms with E-state index >= 15 is 0 Å². The highest BCUT2D eigenvalue weighted by atomic mass is 32.1. The van der Waals surface area contributed by atoms with Crippen molar-refractivity contribution < 1.29 is 34.2 Å². The van der Waals surface area contributed by atoms with Crippen LogP contribution in [0, 0.1) is 11.8 Å². The number of rotatable bonds is 14. The number of thiol groups is 1. The van der Waals surface area contributed by atoms with E-state index in [0.717, 1.165) is 0 Å². The van der Waals surface area contributed by atoms with Crippen LogP contribution in [0.2, 0.25) is 0 Å². The summed E-state index contributed by atoms with van der Waals surface area (Å²) >= 11 is 3.94. The van der Waals surface area contributed by atoms with E-state index in [1.165, 1.54) is 0 Å². The van der Waals surface area contributed by atoms with Crippen LogP contribution in [0.4, 0.5) is 0 Å². The summed E-state index contributed by atoms with van der Waals surface area (Å²) in [7, 11) is 0. The maximum Gasteiger partial charge on any atom is 0.326 e. The zero-order valence-corrected chi connectivity index (χ0v) is 19.1. The maximum absolute atomic E-state index is 12.8. The van der Waals surface area contributed by atoms with Crippen molar-refractivity contribution in [3.05, 3.63) is 0 Å². The minimum atomic E-state index is -1.30. The number of aliphatic carboxylic acids is 2. The number of amides is 3. The second-order valence-electron chi connectivity index (χ2n) is 8.04. The van der Waals surface area contributed by atoms with Gasteiger partial charge in [0.05, 0.1) is 6.04 Å². The molecule has 0 saturated heterocycles. The zero-order valence-electron chi connectivity index (χ0n) is 18.3. The zero-order chi connectivity index (χ0) is 24.3. The lowest BCUT2D eigenvalue weighted by molar-refractivity contribution is -0.143. The minimum Gasteiger partial charge on any atom is -0.481 e. The van der Waals surface area contributed by atoms with Crippen LogP contribution in [0.5, 0.6) is 0 Å². The molecular formula is C19H34N4O7S. The Labute approximate surface area is 187 Å². The second-order valence-corrected chi connectivity index (χ2v) is 8.41. The topological polar surface area (TPSA) is 188 Å². The van der Waals surface area contributed by atoms with Gasteiger partial charge >= 0.3 is 11.9 Å². The van der Waals surface area contributed by atoms with Crippen molar-refractivity contribution in [2.24, 2.45) is 17.6 Å². The van der Waals surface area contributed by atoms with Crippen molar-refractivity contribution in [2.45, 2.75) is 71.1 Å². The Hall–Kier alpha value is -2.34. The van der Waals surface area contributed by atoms with Crippen LogP contribution in [-0.2, 0) is 24.0 Å². The molecule has 12 heteroatoms. The fourth-order valence-corrected chi connectivity index (χ4v) is 2.81. The summed E-state index contributed by atoms with van der Waals surface area (Å²) in [5.74, 6) is -4.88. The highest BCUT2D eigenvalue weighted by Gasteiger charge is 2.31. The molecule has 0 rings (SSSR count). The van der Waals surface area contributed by atoms with Gasteiger partial charge in [0.1, 0.15) is 18.1 Å². The number of carbonyl (C=O) groups excluding carboxylic acids is 3. The lowest BCUT2D eigenvalue weighted by atomic mass is 10.0. The van der Waals surface area contributed by atoms with Crippen molar-refractivity contribution >= 4 is 42.3 Å². The molecule has 7 N–H and O–H groups in total. The molecule has 0 aliphatic carbocycles. The molecular weight excluding hydrogens is 428 g/mol. The van der Waals surface area contributed by atoms with E-state index in [4.69, 9.17) is 10.8 Å². The maximum atomic E-state index is 12.8. The molecule has 4 unspecified atom stereocenters. The Morgan fingerprint density at radius 3 is 1.84 bits per heavy atom. The molecule has 0 aliphatic rings. The van der Waals surface area contributed by atoms with Gasteiger partial charge in [-0.15, -0.1) is 0 Å². The summed E-state index contributed by atoms with van der Waals surface area (Å²) in [5.41, 5.74) is 5.61. The van der Waals surface area contributed by atoms with E-state index in [9.17, 15) is 29.1 Å². The molecule has 0 aromatic rings. The summed E-state index contributed by atoms with van der Waals surface area (Å²) in [6, 6.07) is -4.46. The Bertz CT molecular complexity index is 657. The Morgan fingerprint density at radius 1 is 0.871 bits per heavy atom. The monoisotopic (exact) mass is 462 g/mol. The molecule has 0 bridgehead atoms. The first-order valence-corrected chi connectivity index (χ1v) is 10.6. The molecule has 0 radical (unpaired) electrons. The molecule has 3 amide bonds. The SMILES string of the molecule is CC(C)CC(NC(=O)C(CCC(=O)O)NC(=O)C(NC(=O)C(N)CS)C(C)C)C(=O)O. The number of nitrogens with one attached hydrogen (secondary N) is 3. The lowest BCUT2D eigenvalue weighted by Crippen LogP contribution is -2.58. The molecule has 0 aromatic heterocycles. The van der Waals surface area contributed by atoms with Crippen LogP contribution in [0.25, 0.3) is 0 Å². The predicted octanol–water partition coefficient (Wildman–Crippen LogP) is -0.651. The van der Waals surface area contributed by atoms with Gasteiger partial charge in [-0.05, 0) is 24.7 Å². The highest BCUT2D eigenvalue weighted by molar-refractivity contribution is 7.80. The average molecular weight is 463 g/mol. The molecule has 0 saturated carbocycles. The van der Waals surface area contributed by atoms with Gasteiger partial charge in [0.2, 0.25) is 17.7 Å². The Balaban J connectivity index is 5.47. The average Bonchev–Trinajstić information content (AvgIpc) is 2.66. The van der Waals surface area contributed by atoms with E-state index in [0.29, 0.717) is 0 Å². The number of nitrogens with two attached hydrogens (primary N) is 1. The van der Waals surface area contributed by atoms with Crippen molar-refractivity contribution in [1.29, 1.82) is 0 Å². The summed E-state index contributed by atoms with van der Waals surface area (Å²) in [6.45, 7) is 6.92. The van der Waals surface area contributed by atoms with Gasteiger partial charge in [-0.1, -0.05) is 27.7 Å². The molecule has 4 atom stereocenters. The number of hydrogen-bond donors (Lipinski definition) is 7. The summed E-state index contributed by atoms with van der Waals surface area (Å²) < 4.78 is 0. The van der Waals surface area contributed by atoms with Crippen LogP contribution in [0.15, 0.2) is 0 Å². The third-order valence-electron chi connectivity index (χ3n) is 4.38. The smallest absolute Gasteiger partial charge is 0.326 e. The molecule has 0 fully saturated rings. The van der Waals surface area contributed by atoms with E-state index in [-0.39, 0.29) is 30.4 Å². The fraction of sp³-hybridized carbons (Fsp3) is 0.737. The summed E-state index contributed by atoms with van der Waals surface area (Å²) in [5, 5.41) is 25.6. The van der Waals surface area contributed by atoms with Crippen LogP contribution >= 0.6 is 12.6 Å². The number of carboxylic acid groups (broad SMARTS) is 2. The van der Waals surface area contributed by atoms with E-state index in [2.05, 4.69) is 28.6 Å². The van der Waals surface area contributed by atoms with Crippen molar-refractivity contribution in [1.82, 2.24) is 16.0 Å². The number of carbonyl (C=O) groups is 5. The number of carboxylic acids is 2. The molecule has 31 heavy (non-hydrogen) atoms. The molecule has 178 valence electrons.